The lowest BCUT2D eigenvalue weighted by atomic mass is 9.97. The summed E-state index contributed by atoms with van der Waals surface area (Å²) in [5, 5.41) is 5.89. The van der Waals surface area contributed by atoms with Crippen molar-refractivity contribution in [2.75, 3.05) is 43.5 Å². The molecular weight excluding hydrogens is 394 g/mol. The van der Waals surface area contributed by atoms with E-state index in [1.54, 1.807) is 18.2 Å². The van der Waals surface area contributed by atoms with E-state index < -0.39 is 0 Å². The van der Waals surface area contributed by atoms with E-state index in [0.29, 0.717) is 36.9 Å². The van der Waals surface area contributed by atoms with Crippen molar-refractivity contribution < 1.29 is 19.1 Å². The van der Waals surface area contributed by atoms with E-state index in [1.807, 2.05) is 49.1 Å². The van der Waals surface area contributed by atoms with Crippen LogP contribution in [0, 0.1) is 5.92 Å². The van der Waals surface area contributed by atoms with E-state index in [1.165, 1.54) is 0 Å². The third-order valence-electron chi connectivity index (χ3n) is 5.11. The summed E-state index contributed by atoms with van der Waals surface area (Å²) < 4.78 is 11.2. The van der Waals surface area contributed by atoms with Gasteiger partial charge in [0.1, 0.15) is 0 Å². The van der Waals surface area contributed by atoms with E-state index in [9.17, 15) is 9.59 Å². The molecule has 7 heteroatoms. The number of para-hydroxylation sites is 1. The monoisotopic (exact) mass is 425 g/mol. The van der Waals surface area contributed by atoms with Crippen LogP contribution >= 0.6 is 0 Å². The molecule has 2 N–H and O–H groups in total. The molecule has 1 fully saturated rings. The maximum atomic E-state index is 12.6. The summed E-state index contributed by atoms with van der Waals surface area (Å²) in [6.07, 6.45) is 1.71. The van der Waals surface area contributed by atoms with Crippen LogP contribution in [0.3, 0.4) is 0 Å². The molecule has 1 aliphatic heterocycles. The summed E-state index contributed by atoms with van der Waals surface area (Å²) in [7, 11) is 0. The fourth-order valence-corrected chi connectivity index (χ4v) is 3.71. The van der Waals surface area contributed by atoms with Gasteiger partial charge in [0.2, 0.25) is 11.8 Å². The van der Waals surface area contributed by atoms with E-state index in [4.69, 9.17) is 9.47 Å². The van der Waals surface area contributed by atoms with Crippen molar-refractivity contribution in [3.63, 3.8) is 0 Å². The summed E-state index contributed by atoms with van der Waals surface area (Å²) in [5.74, 6) is 1.03. The second-order valence-corrected chi connectivity index (χ2v) is 7.51. The van der Waals surface area contributed by atoms with Crippen LogP contribution in [-0.4, -0.2) is 49.6 Å². The highest BCUT2D eigenvalue weighted by atomic mass is 16.5. The third-order valence-corrected chi connectivity index (χ3v) is 5.11. The number of carbonyl (C=O) groups is 2. The summed E-state index contributed by atoms with van der Waals surface area (Å²) >= 11 is 0. The Hall–Kier alpha value is -3.06. The number of carbonyl (C=O) groups excluding carboxylic acids is 2. The Morgan fingerprint density at radius 3 is 2.45 bits per heavy atom. The normalized spacial score (nSPS) is 16.4. The minimum atomic E-state index is -0.128. The Morgan fingerprint density at radius 2 is 1.71 bits per heavy atom. The van der Waals surface area contributed by atoms with Crippen molar-refractivity contribution in [3.8, 4) is 11.5 Å². The second kappa shape index (κ2) is 11.4. The maximum absolute atomic E-state index is 12.6. The smallest absolute Gasteiger partial charge is 0.238 e. The molecule has 0 aromatic heterocycles. The van der Waals surface area contributed by atoms with E-state index in [2.05, 4.69) is 10.6 Å². The van der Waals surface area contributed by atoms with Crippen molar-refractivity contribution in [3.05, 3.63) is 48.5 Å². The van der Waals surface area contributed by atoms with Gasteiger partial charge in [-0.05, 0) is 57.5 Å². The molecule has 1 heterocycles. The highest BCUT2D eigenvalue weighted by Gasteiger charge is 2.27. The molecule has 31 heavy (non-hydrogen) atoms. The molecule has 1 saturated heterocycles. The van der Waals surface area contributed by atoms with Gasteiger partial charge >= 0.3 is 0 Å². The lowest BCUT2D eigenvalue weighted by Gasteiger charge is -2.31. The van der Waals surface area contributed by atoms with Crippen LogP contribution in [-0.2, 0) is 9.59 Å². The van der Waals surface area contributed by atoms with Crippen LogP contribution in [0.25, 0.3) is 0 Å². The Kier molecular flexibility index (Phi) is 8.29. The van der Waals surface area contributed by atoms with Crippen molar-refractivity contribution in [2.45, 2.75) is 26.7 Å². The third kappa shape index (κ3) is 6.72. The Bertz CT molecular complexity index is 872. The minimum absolute atomic E-state index is 0.00387. The molecule has 0 aliphatic carbocycles. The Labute approximate surface area is 183 Å². The van der Waals surface area contributed by atoms with Gasteiger partial charge in [-0.3, -0.25) is 14.5 Å². The first-order valence-electron chi connectivity index (χ1n) is 10.9. The van der Waals surface area contributed by atoms with Crippen LogP contribution < -0.4 is 20.1 Å². The van der Waals surface area contributed by atoms with Gasteiger partial charge in [-0.25, -0.2) is 0 Å². The largest absolute Gasteiger partial charge is 0.490 e. The quantitative estimate of drug-likeness (QED) is 0.639. The van der Waals surface area contributed by atoms with Gasteiger partial charge in [-0.2, -0.15) is 0 Å². The number of benzene rings is 2. The second-order valence-electron chi connectivity index (χ2n) is 7.51. The predicted octanol–water partition coefficient (Wildman–Crippen LogP) is 3.77. The molecular formula is C24H31N3O4. The van der Waals surface area contributed by atoms with Gasteiger partial charge in [0.25, 0.3) is 0 Å². The number of nitrogens with one attached hydrogen (secondary N) is 2. The number of nitrogens with zero attached hydrogens (tertiary/aromatic N) is 1. The lowest BCUT2D eigenvalue weighted by Crippen LogP contribution is -2.43. The van der Waals surface area contributed by atoms with Crippen LogP contribution in [0.4, 0.5) is 11.4 Å². The SMILES string of the molecule is CCOc1ccc(NC(=O)CN2CCC[C@H](C(=O)Nc3ccccc3)C2)cc1OCC. The van der Waals surface area contributed by atoms with Crippen LogP contribution in [0.5, 0.6) is 11.5 Å². The minimum Gasteiger partial charge on any atom is -0.490 e. The standard InChI is InChI=1S/C24H31N3O4/c1-3-30-21-13-12-20(15-22(21)31-4-2)25-23(28)17-27-14-8-9-18(16-27)24(29)26-19-10-6-5-7-11-19/h5-7,10-13,15,18H,3-4,8-9,14,16-17H2,1-2H3,(H,25,28)(H,26,29)/t18-/m0/s1. The van der Waals surface area contributed by atoms with Gasteiger partial charge < -0.3 is 20.1 Å². The molecule has 0 saturated carbocycles. The fraction of sp³-hybridized carbons (Fsp3) is 0.417. The van der Waals surface area contributed by atoms with E-state index >= 15 is 0 Å². The first-order chi connectivity index (χ1) is 15.1. The molecule has 1 aliphatic rings. The maximum Gasteiger partial charge on any atom is 0.238 e. The molecule has 166 valence electrons. The van der Waals surface area contributed by atoms with Crippen molar-refractivity contribution >= 4 is 23.2 Å². The highest BCUT2D eigenvalue weighted by Crippen LogP contribution is 2.30. The molecule has 3 rings (SSSR count). The number of rotatable bonds is 9. The van der Waals surface area contributed by atoms with Crippen LogP contribution in [0.15, 0.2) is 48.5 Å². The number of anilines is 2. The van der Waals surface area contributed by atoms with Gasteiger partial charge in [0.05, 0.1) is 25.7 Å². The lowest BCUT2D eigenvalue weighted by molar-refractivity contribution is -0.123. The molecule has 0 bridgehead atoms. The van der Waals surface area contributed by atoms with E-state index in [-0.39, 0.29) is 24.3 Å². The van der Waals surface area contributed by atoms with Crippen LogP contribution in [0.1, 0.15) is 26.7 Å². The molecule has 2 amide bonds. The van der Waals surface area contributed by atoms with Gasteiger partial charge in [-0.1, -0.05) is 18.2 Å². The molecule has 2 aromatic carbocycles. The number of piperidine rings is 1. The van der Waals surface area contributed by atoms with E-state index in [0.717, 1.165) is 25.1 Å². The topological polar surface area (TPSA) is 79.9 Å². The number of hydrogen-bond acceptors (Lipinski definition) is 5. The number of hydrogen-bond donors (Lipinski definition) is 2. The van der Waals surface area contributed by atoms with Crippen LogP contribution in [0.2, 0.25) is 0 Å². The average Bonchev–Trinajstić information content (AvgIpc) is 2.76. The molecule has 7 nitrogen and oxygen atoms in total. The molecule has 0 spiro atoms. The number of ether oxygens (including phenoxy) is 2. The summed E-state index contributed by atoms with van der Waals surface area (Å²) in [4.78, 5) is 27.2. The van der Waals surface area contributed by atoms with Gasteiger partial charge in [-0.15, -0.1) is 0 Å². The first kappa shape index (κ1) is 22.6. The van der Waals surface area contributed by atoms with Gasteiger partial charge in [0, 0.05) is 24.0 Å². The zero-order valence-corrected chi connectivity index (χ0v) is 18.2. The Morgan fingerprint density at radius 1 is 0.968 bits per heavy atom. The molecule has 0 radical (unpaired) electrons. The number of likely N-dealkylation sites (tertiary alicyclic amines) is 1. The summed E-state index contributed by atoms with van der Waals surface area (Å²) in [6, 6.07) is 14.8. The predicted molar refractivity (Wildman–Crippen MR) is 122 cm³/mol. The summed E-state index contributed by atoms with van der Waals surface area (Å²) in [6.45, 7) is 6.48. The molecule has 2 aromatic rings. The van der Waals surface area contributed by atoms with Crippen molar-refractivity contribution in [1.82, 2.24) is 4.90 Å². The first-order valence-corrected chi connectivity index (χ1v) is 10.9. The fourth-order valence-electron chi connectivity index (χ4n) is 3.71. The van der Waals surface area contributed by atoms with Crippen molar-refractivity contribution in [2.24, 2.45) is 5.92 Å². The zero-order chi connectivity index (χ0) is 22.1. The number of amides is 2. The van der Waals surface area contributed by atoms with Crippen molar-refractivity contribution in [1.29, 1.82) is 0 Å². The molecule has 0 unspecified atom stereocenters. The summed E-state index contributed by atoms with van der Waals surface area (Å²) in [5.41, 5.74) is 1.45. The molecule has 1 atom stereocenters. The zero-order valence-electron chi connectivity index (χ0n) is 18.2. The average molecular weight is 426 g/mol. The highest BCUT2D eigenvalue weighted by molar-refractivity contribution is 5.94. The Balaban J connectivity index is 1.54. The van der Waals surface area contributed by atoms with Gasteiger partial charge in [0.15, 0.2) is 11.5 Å².